The van der Waals surface area contributed by atoms with Crippen molar-refractivity contribution in [3.05, 3.63) is 0 Å². The number of rotatable bonds is 0. The minimum absolute atomic E-state index is 0.250. The Balaban J connectivity index is 0. The molecule has 1 atom stereocenters. The van der Waals surface area contributed by atoms with Gasteiger partial charge in [0.05, 0.1) is 1.37 Å². The van der Waals surface area contributed by atoms with Gasteiger partial charge >= 0.3 is 0 Å². The Morgan fingerprint density at radius 1 is 1.50 bits per heavy atom. The van der Waals surface area contributed by atoms with Crippen molar-refractivity contribution in [3.63, 3.8) is 0 Å². The molecular weight excluding hydrogens is 80.0 g/mol. The van der Waals surface area contributed by atoms with Crippen LogP contribution in [0.1, 0.15) is 15.2 Å². The summed E-state index contributed by atoms with van der Waals surface area (Å²) in [6.45, 7) is 2.40. The maximum Gasteiger partial charge on any atom is 0.0561 e. The minimum Gasteiger partial charge on any atom is -0.397 e. The van der Waals surface area contributed by atoms with Crippen LogP contribution in [0.5, 0.6) is 0 Å². The summed E-state index contributed by atoms with van der Waals surface area (Å²) in [5.41, 5.74) is 0. The van der Waals surface area contributed by atoms with E-state index in [9.17, 15) is 0 Å². The van der Waals surface area contributed by atoms with E-state index in [0.717, 1.165) is 0 Å². The highest BCUT2D eigenvalue weighted by molar-refractivity contribution is 3.84. The van der Waals surface area contributed by atoms with Gasteiger partial charge in [-0.15, -0.1) is 0 Å². The van der Waals surface area contributed by atoms with Gasteiger partial charge in [-0.3, -0.25) is 0 Å². The van der Waals surface area contributed by atoms with E-state index < -0.39 is 6.58 Å². The fourth-order valence-electron chi connectivity index (χ4n) is 0. The largest absolute Gasteiger partial charge is 0.397 e. The van der Waals surface area contributed by atoms with Gasteiger partial charge < -0.3 is 10.2 Å². The summed E-state index contributed by atoms with van der Waals surface area (Å²) in [5, 5.41) is 15.3. The average Bonchev–Trinajstić information content (AvgIpc) is 1.33. The number of hydrogen-bond donors (Lipinski definition) is 2. The second kappa shape index (κ2) is 20.5. The highest BCUT2D eigenvalue weighted by Gasteiger charge is 1.34. The molecule has 0 aliphatic heterocycles. The maximum absolute atomic E-state index is 7.72. The lowest BCUT2D eigenvalue weighted by atomic mass is 10.9. The first-order valence-electron chi connectivity index (χ1n) is 2.44. The number of aliphatic hydroxyl groups is 2. The molecule has 0 spiro atoms. The minimum atomic E-state index is -0.917. The van der Waals surface area contributed by atoms with Crippen molar-refractivity contribution in [2.24, 2.45) is 0 Å². The van der Waals surface area contributed by atoms with Crippen molar-refractivity contribution >= 4 is 0 Å². The SMILES string of the molecule is CCO.[2H]C(C)O. The highest BCUT2D eigenvalue weighted by Crippen LogP contribution is 1.30. The Bertz CT molecular complexity index is 20.9. The second-order valence-corrected chi connectivity index (χ2v) is 0.574. The molecule has 0 aromatic carbocycles. The summed E-state index contributed by atoms with van der Waals surface area (Å²) in [7, 11) is 0. The molecule has 0 saturated carbocycles. The van der Waals surface area contributed by atoms with Crippen molar-refractivity contribution in [3.8, 4) is 0 Å². The summed E-state index contributed by atoms with van der Waals surface area (Å²) in [5.74, 6) is 0. The van der Waals surface area contributed by atoms with Crippen LogP contribution in [0.15, 0.2) is 0 Å². The van der Waals surface area contributed by atoms with E-state index in [4.69, 9.17) is 11.6 Å². The topological polar surface area (TPSA) is 40.5 Å². The molecule has 40 valence electrons. The summed E-state index contributed by atoms with van der Waals surface area (Å²) in [6.07, 6.45) is 0. The lowest BCUT2D eigenvalue weighted by Crippen LogP contribution is -1.57. The van der Waals surface area contributed by atoms with E-state index in [1.165, 1.54) is 6.92 Å². The predicted octanol–water partition coefficient (Wildman–Crippen LogP) is -0.00280. The van der Waals surface area contributed by atoms with Crippen LogP contribution in [0, 0.1) is 0 Å². The van der Waals surface area contributed by atoms with Crippen LogP contribution in [0.4, 0.5) is 0 Å². The first-order chi connectivity index (χ1) is 3.15. The molecule has 0 saturated heterocycles. The average molecular weight is 93.1 g/mol. The molecule has 6 heavy (non-hydrogen) atoms. The van der Waals surface area contributed by atoms with Gasteiger partial charge in [0.1, 0.15) is 0 Å². The Kier molecular flexibility index (Phi) is 20.2. The zero-order chi connectivity index (χ0) is 6.28. The summed E-state index contributed by atoms with van der Waals surface area (Å²) < 4.78 is 6.14. The standard InChI is InChI=1S/2C2H6O/c2*1-2-3/h2*3H,2H2,1H3/i2D;. The first-order valence-corrected chi connectivity index (χ1v) is 1.86. The third-order valence-electron chi connectivity index (χ3n) is 0. The molecule has 0 rings (SSSR count). The van der Waals surface area contributed by atoms with E-state index in [1.807, 2.05) is 0 Å². The normalized spacial score (nSPS) is 13.7. The number of aliphatic hydroxyl groups excluding tert-OH is 2. The molecule has 0 bridgehead atoms. The maximum atomic E-state index is 7.72. The van der Waals surface area contributed by atoms with Crippen LogP contribution in [-0.2, 0) is 0 Å². The lowest BCUT2D eigenvalue weighted by molar-refractivity contribution is 0.318. The quantitative estimate of drug-likeness (QED) is 0.442. The molecular formula is C4H12O2. The molecule has 0 heterocycles. The van der Waals surface area contributed by atoms with Gasteiger partial charge in [0, 0.05) is 13.2 Å². The van der Waals surface area contributed by atoms with Crippen molar-refractivity contribution in [2.45, 2.75) is 13.8 Å². The fraction of sp³-hybridized carbons (Fsp3) is 1.00. The third kappa shape index (κ3) is 5220. The Morgan fingerprint density at radius 2 is 1.50 bits per heavy atom. The van der Waals surface area contributed by atoms with E-state index in [1.54, 1.807) is 6.92 Å². The van der Waals surface area contributed by atoms with E-state index in [-0.39, 0.29) is 6.61 Å². The monoisotopic (exact) mass is 93.1 g/mol. The van der Waals surface area contributed by atoms with Crippen molar-refractivity contribution < 1.29 is 11.6 Å². The highest BCUT2D eigenvalue weighted by atomic mass is 16.3. The fourth-order valence-corrected chi connectivity index (χ4v) is 0. The van der Waals surface area contributed by atoms with Crippen LogP contribution in [0.3, 0.4) is 0 Å². The zero-order valence-corrected chi connectivity index (χ0v) is 4.18. The molecule has 1 unspecified atom stereocenters. The smallest absolute Gasteiger partial charge is 0.0561 e. The number of hydrogen-bond acceptors (Lipinski definition) is 2. The third-order valence-corrected chi connectivity index (χ3v) is 0. The van der Waals surface area contributed by atoms with Gasteiger partial charge in [0.15, 0.2) is 0 Å². The Morgan fingerprint density at radius 3 is 1.50 bits per heavy atom. The Hall–Kier alpha value is -0.0800. The molecule has 0 radical (unpaired) electrons. The van der Waals surface area contributed by atoms with E-state index >= 15 is 0 Å². The molecule has 0 aliphatic carbocycles. The molecule has 2 nitrogen and oxygen atoms in total. The molecule has 0 amide bonds. The summed E-state index contributed by atoms with van der Waals surface area (Å²) in [6, 6.07) is 0. The van der Waals surface area contributed by atoms with Gasteiger partial charge in [-0.2, -0.15) is 0 Å². The van der Waals surface area contributed by atoms with Gasteiger partial charge in [-0.05, 0) is 13.8 Å². The lowest BCUT2D eigenvalue weighted by Gasteiger charge is -1.52. The predicted molar refractivity (Wildman–Crippen MR) is 25.5 cm³/mol. The zero-order valence-electron chi connectivity index (χ0n) is 5.18. The van der Waals surface area contributed by atoms with Gasteiger partial charge in [-0.1, -0.05) is 0 Å². The van der Waals surface area contributed by atoms with Crippen LogP contribution in [0.2, 0.25) is 0 Å². The molecule has 2 N–H and O–H groups in total. The van der Waals surface area contributed by atoms with Crippen LogP contribution in [0.25, 0.3) is 0 Å². The van der Waals surface area contributed by atoms with Crippen LogP contribution in [-0.4, -0.2) is 23.4 Å². The van der Waals surface area contributed by atoms with Crippen LogP contribution >= 0.6 is 0 Å². The molecule has 0 aromatic rings. The van der Waals surface area contributed by atoms with Gasteiger partial charge in [-0.25, -0.2) is 0 Å². The molecule has 0 aliphatic rings. The summed E-state index contributed by atoms with van der Waals surface area (Å²) >= 11 is 0. The summed E-state index contributed by atoms with van der Waals surface area (Å²) in [4.78, 5) is 0. The second-order valence-electron chi connectivity index (χ2n) is 0.574. The first kappa shape index (κ1) is 5.92. The Labute approximate surface area is 39.8 Å². The molecule has 0 fully saturated rings. The van der Waals surface area contributed by atoms with E-state index in [0.29, 0.717) is 0 Å². The van der Waals surface area contributed by atoms with Gasteiger partial charge in [0.25, 0.3) is 0 Å². The van der Waals surface area contributed by atoms with Crippen LogP contribution < -0.4 is 0 Å². The van der Waals surface area contributed by atoms with Crippen molar-refractivity contribution in [2.75, 3.05) is 13.2 Å². The van der Waals surface area contributed by atoms with E-state index in [2.05, 4.69) is 0 Å². The molecule has 0 aromatic heterocycles. The van der Waals surface area contributed by atoms with Crippen molar-refractivity contribution in [1.82, 2.24) is 0 Å². The van der Waals surface area contributed by atoms with Crippen molar-refractivity contribution in [1.29, 1.82) is 0 Å². The molecule has 2 heteroatoms. The van der Waals surface area contributed by atoms with Gasteiger partial charge in [0.2, 0.25) is 0 Å².